The molecule has 23 heavy (non-hydrogen) atoms. The number of carbonyl (C=O) groups excluding carboxylic acids is 1. The summed E-state index contributed by atoms with van der Waals surface area (Å²) in [5.74, 6) is 3.08. The normalized spacial score (nSPS) is 38.0. The molecule has 1 amide bonds. The zero-order valence-electron chi connectivity index (χ0n) is 13.7. The maximum atomic E-state index is 13.5. The van der Waals surface area contributed by atoms with Gasteiger partial charge in [-0.05, 0) is 69.1 Å². The molecule has 4 bridgehead atoms. The summed E-state index contributed by atoms with van der Waals surface area (Å²) < 4.78 is 0. The van der Waals surface area contributed by atoms with E-state index in [1.807, 2.05) is 11.6 Å². The Morgan fingerprint density at radius 1 is 1.17 bits per heavy atom. The minimum absolute atomic E-state index is 0.0280. The van der Waals surface area contributed by atoms with Crippen LogP contribution in [0.15, 0.2) is 11.6 Å². The molecular weight excluding hydrogens is 304 g/mol. The fourth-order valence-corrected chi connectivity index (χ4v) is 6.72. The van der Waals surface area contributed by atoms with Gasteiger partial charge in [-0.15, -0.1) is 11.3 Å². The standard InChI is InChI=1S/C19H26N2OS/c22-18(19-10-13-7-14(11-19)9-15(8-13)12-19)21(16-1-2-16)5-3-17-20-4-6-23-17/h4,6,13-16H,1-3,5,7-12H2. The van der Waals surface area contributed by atoms with Gasteiger partial charge in [-0.3, -0.25) is 4.79 Å². The van der Waals surface area contributed by atoms with E-state index >= 15 is 0 Å². The summed E-state index contributed by atoms with van der Waals surface area (Å²) in [6, 6.07) is 0.537. The lowest BCUT2D eigenvalue weighted by atomic mass is 9.49. The number of aromatic nitrogens is 1. The molecule has 0 aliphatic heterocycles. The molecule has 0 unspecified atom stereocenters. The fourth-order valence-electron chi connectivity index (χ4n) is 6.11. The monoisotopic (exact) mass is 330 g/mol. The average molecular weight is 330 g/mol. The van der Waals surface area contributed by atoms with Crippen molar-refractivity contribution in [1.82, 2.24) is 9.88 Å². The topological polar surface area (TPSA) is 33.2 Å². The molecule has 3 nitrogen and oxygen atoms in total. The molecule has 4 heteroatoms. The van der Waals surface area contributed by atoms with Crippen molar-refractivity contribution < 1.29 is 4.79 Å². The van der Waals surface area contributed by atoms with Crippen LogP contribution in [-0.2, 0) is 11.2 Å². The van der Waals surface area contributed by atoms with Crippen LogP contribution >= 0.6 is 11.3 Å². The molecular formula is C19H26N2OS. The van der Waals surface area contributed by atoms with Crippen molar-refractivity contribution in [2.24, 2.45) is 23.2 Å². The third-order valence-corrected chi connectivity index (χ3v) is 7.63. The number of thiazole rings is 1. The maximum absolute atomic E-state index is 13.5. The van der Waals surface area contributed by atoms with Gasteiger partial charge in [0, 0.05) is 30.6 Å². The molecule has 0 aromatic carbocycles. The van der Waals surface area contributed by atoms with Crippen LogP contribution in [0.4, 0.5) is 0 Å². The van der Waals surface area contributed by atoms with Gasteiger partial charge >= 0.3 is 0 Å². The minimum Gasteiger partial charge on any atom is -0.339 e. The van der Waals surface area contributed by atoms with Crippen molar-refractivity contribution in [2.45, 2.75) is 63.8 Å². The van der Waals surface area contributed by atoms with Gasteiger partial charge in [-0.1, -0.05) is 0 Å². The van der Waals surface area contributed by atoms with E-state index in [1.165, 1.54) is 56.4 Å². The molecule has 5 fully saturated rings. The molecule has 0 saturated heterocycles. The predicted molar refractivity (Wildman–Crippen MR) is 91.2 cm³/mol. The summed E-state index contributed by atoms with van der Waals surface area (Å²) in [5, 5.41) is 3.21. The van der Waals surface area contributed by atoms with Gasteiger partial charge in [0.1, 0.15) is 0 Å². The third kappa shape index (κ3) is 2.54. The van der Waals surface area contributed by atoms with Crippen molar-refractivity contribution in [3.8, 4) is 0 Å². The van der Waals surface area contributed by atoms with Gasteiger partial charge in [0.15, 0.2) is 0 Å². The van der Waals surface area contributed by atoms with Crippen molar-refractivity contribution in [2.75, 3.05) is 6.54 Å². The van der Waals surface area contributed by atoms with E-state index in [-0.39, 0.29) is 5.41 Å². The molecule has 1 heterocycles. The number of carbonyl (C=O) groups is 1. The van der Waals surface area contributed by atoms with Crippen LogP contribution in [0, 0.1) is 23.2 Å². The van der Waals surface area contributed by atoms with E-state index in [0.717, 1.165) is 30.7 Å². The van der Waals surface area contributed by atoms with Crippen molar-refractivity contribution in [1.29, 1.82) is 0 Å². The van der Waals surface area contributed by atoms with Crippen molar-refractivity contribution in [3.05, 3.63) is 16.6 Å². The van der Waals surface area contributed by atoms with Gasteiger partial charge in [-0.2, -0.15) is 0 Å². The second-order valence-electron chi connectivity index (χ2n) is 8.60. The van der Waals surface area contributed by atoms with Crippen LogP contribution < -0.4 is 0 Å². The Labute approximate surface area is 142 Å². The highest BCUT2D eigenvalue weighted by atomic mass is 32.1. The largest absolute Gasteiger partial charge is 0.339 e. The third-order valence-electron chi connectivity index (χ3n) is 6.79. The van der Waals surface area contributed by atoms with E-state index in [2.05, 4.69) is 9.88 Å². The molecule has 5 saturated carbocycles. The highest BCUT2D eigenvalue weighted by Gasteiger charge is 2.56. The highest BCUT2D eigenvalue weighted by Crippen LogP contribution is 2.60. The SMILES string of the molecule is O=C(N(CCc1nccs1)C1CC1)C12CC3CC(CC(C3)C1)C2. The summed E-state index contributed by atoms with van der Waals surface area (Å²) >= 11 is 1.72. The second kappa shape index (κ2) is 5.30. The van der Waals surface area contributed by atoms with E-state index in [4.69, 9.17) is 0 Å². The van der Waals surface area contributed by atoms with Gasteiger partial charge < -0.3 is 4.90 Å². The first kappa shape index (κ1) is 14.4. The lowest BCUT2D eigenvalue weighted by Crippen LogP contribution is -2.55. The van der Waals surface area contributed by atoms with E-state index in [9.17, 15) is 4.79 Å². The fraction of sp³-hybridized carbons (Fsp3) is 0.789. The first-order valence-corrected chi connectivity index (χ1v) is 10.3. The van der Waals surface area contributed by atoms with Gasteiger partial charge in [0.2, 0.25) is 5.91 Å². The van der Waals surface area contributed by atoms with Crippen LogP contribution in [0.2, 0.25) is 0 Å². The number of nitrogens with zero attached hydrogens (tertiary/aromatic N) is 2. The summed E-state index contributed by atoms with van der Waals surface area (Å²) in [6.07, 6.45) is 13.1. The Balaban J connectivity index is 1.35. The molecule has 0 spiro atoms. The van der Waals surface area contributed by atoms with Gasteiger partial charge in [0.05, 0.1) is 10.4 Å². The van der Waals surface area contributed by atoms with Crippen LogP contribution in [0.1, 0.15) is 56.4 Å². The molecule has 0 atom stereocenters. The minimum atomic E-state index is 0.0280. The maximum Gasteiger partial charge on any atom is 0.229 e. The molecule has 0 N–H and O–H groups in total. The summed E-state index contributed by atoms with van der Waals surface area (Å²) in [6.45, 7) is 0.888. The second-order valence-corrected chi connectivity index (χ2v) is 9.58. The highest BCUT2D eigenvalue weighted by molar-refractivity contribution is 7.09. The zero-order valence-corrected chi connectivity index (χ0v) is 14.6. The first-order valence-electron chi connectivity index (χ1n) is 9.41. The van der Waals surface area contributed by atoms with Crippen LogP contribution in [0.5, 0.6) is 0 Å². The van der Waals surface area contributed by atoms with Crippen molar-refractivity contribution >= 4 is 17.2 Å². The van der Waals surface area contributed by atoms with E-state index in [0.29, 0.717) is 11.9 Å². The van der Waals surface area contributed by atoms with Crippen molar-refractivity contribution in [3.63, 3.8) is 0 Å². The Bertz CT molecular complexity index is 557. The Hall–Kier alpha value is -0.900. The number of amides is 1. The van der Waals surface area contributed by atoms with E-state index < -0.39 is 0 Å². The Morgan fingerprint density at radius 3 is 2.35 bits per heavy atom. The average Bonchev–Trinajstić information content (AvgIpc) is 3.21. The summed E-state index contributed by atoms with van der Waals surface area (Å²) in [7, 11) is 0. The Morgan fingerprint density at radius 2 is 1.83 bits per heavy atom. The molecule has 0 radical (unpaired) electrons. The van der Waals surface area contributed by atoms with Gasteiger partial charge in [-0.25, -0.2) is 4.98 Å². The van der Waals surface area contributed by atoms with E-state index in [1.54, 1.807) is 11.3 Å². The first-order chi connectivity index (χ1) is 11.2. The lowest BCUT2D eigenvalue weighted by Gasteiger charge is -2.56. The Kier molecular flexibility index (Phi) is 3.33. The predicted octanol–water partition coefficient (Wildman–Crippen LogP) is 3.89. The smallest absolute Gasteiger partial charge is 0.229 e. The summed E-state index contributed by atoms with van der Waals surface area (Å²) in [5.41, 5.74) is 0.0280. The molecule has 6 rings (SSSR count). The number of rotatable bonds is 5. The van der Waals surface area contributed by atoms with Gasteiger partial charge in [0.25, 0.3) is 0 Å². The lowest BCUT2D eigenvalue weighted by molar-refractivity contribution is -0.158. The quantitative estimate of drug-likeness (QED) is 0.820. The molecule has 1 aromatic rings. The number of hydrogen-bond acceptors (Lipinski definition) is 3. The molecule has 5 aliphatic rings. The molecule has 124 valence electrons. The molecule has 5 aliphatic carbocycles. The van der Waals surface area contributed by atoms with Crippen LogP contribution in [0.25, 0.3) is 0 Å². The van der Waals surface area contributed by atoms with Crippen LogP contribution in [-0.4, -0.2) is 28.4 Å². The summed E-state index contributed by atoms with van der Waals surface area (Å²) in [4.78, 5) is 20.2. The molecule has 1 aromatic heterocycles. The van der Waals surface area contributed by atoms with Crippen LogP contribution in [0.3, 0.4) is 0 Å². The zero-order chi connectivity index (χ0) is 15.4. The number of hydrogen-bond donors (Lipinski definition) is 0.